The number of nitrogens with one attached hydrogen (secondary N) is 1. The summed E-state index contributed by atoms with van der Waals surface area (Å²) >= 11 is 7.72. The normalized spacial score (nSPS) is 16.0. The summed E-state index contributed by atoms with van der Waals surface area (Å²) in [5, 5.41) is 5.16. The van der Waals surface area contributed by atoms with Gasteiger partial charge in [0, 0.05) is 42.1 Å². The lowest BCUT2D eigenvalue weighted by Gasteiger charge is -2.34. The standard InChI is InChI=1S/C24H22ClFN4S/c25-17-7-8-19(20(26)14-17)23(16-4-3-11-27-15-16)28-18-9-12-30(13-10-18)24-29-21-5-1-2-6-22(21)31-24/h1-8,11,14-15,18,23,28H,9-10,12-13H2. The number of rotatable bonds is 5. The van der Waals surface area contributed by atoms with Gasteiger partial charge in [-0.05, 0) is 48.7 Å². The van der Waals surface area contributed by atoms with Crippen LogP contribution in [0.25, 0.3) is 10.2 Å². The predicted octanol–water partition coefficient (Wildman–Crippen LogP) is 5.83. The Hall–Kier alpha value is -2.54. The highest BCUT2D eigenvalue weighted by atomic mass is 35.5. The minimum Gasteiger partial charge on any atom is -0.348 e. The largest absolute Gasteiger partial charge is 0.348 e. The molecule has 1 aliphatic rings. The highest BCUT2D eigenvalue weighted by Gasteiger charge is 2.26. The fourth-order valence-electron chi connectivity index (χ4n) is 4.12. The van der Waals surface area contributed by atoms with E-state index in [9.17, 15) is 4.39 Å². The summed E-state index contributed by atoms with van der Waals surface area (Å²) < 4.78 is 16.0. The number of aromatic nitrogens is 2. The van der Waals surface area contributed by atoms with Gasteiger partial charge >= 0.3 is 0 Å². The number of pyridine rings is 1. The van der Waals surface area contributed by atoms with Crippen molar-refractivity contribution in [2.45, 2.75) is 24.9 Å². The molecule has 31 heavy (non-hydrogen) atoms. The van der Waals surface area contributed by atoms with E-state index in [2.05, 4.69) is 33.4 Å². The van der Waals surface area contributed by atoms with E-state index >= 15 is 0 Å². The van der Waals surface area contributed by atoms with Crippen LogP contribution < -0.4 is 10.2 Å². The zero-order chi connectivity index (χ0) is 21.2. The minimum absolute atomic E-state index is 0.269. The molecule has 7 heteroatoms. The lowest BCUT2D eigenvalue weighted by molar-refractivity contribution is 0.385. The zero-order valence-corrected chi connectivity index (χ0v) is 18.4. The molecule has 0 aliphatic carbocycles. The van der Waals surface area contributed by atoms with E-state index in [-0.39, 0.29) is 17.9 Å². The first-order valence-corrected chi connectivity index (χ1v) is 11.6. The summed E-state index contributed by atoms with van der Waals surface area (Å²) in [5.41, 5.74) is 2.58. The van der Waals surface area contributed by atoms with Crippen molar-refractivity contribution >= 4 is 38.3 Å². The minimum atomic E-state index is -0.305. The second kappa shape index (κ2) is 8.91. The van der Waals surface area contributed by atoms with E-state index in [0.29, 0.717) is 10.6 Å². The second-order valence-corrected chi connectivity index (χ2v) is 9.22. The molecule has 4 nitrogen and oxygen atoms in total. The van der Waals surface area contributed by atoms with Gasteiger partial charge in [0.1, 0.15) is 5.82 Å². The number of hydrogen-bond acceptors (Lipinski definition) is 5. The molecule has 0 amide bonds. The Balaban J connectivity index is 1.32. The number of nitrogens with zero attached hydrogens (tertiary/aromatic N) is 3. The molecule has 0 spiro atoms. The van der Waals surface area contributed by atoms with Crippen LogP contribution in [0.1, 0.15) is 30.0 Å². The van der Waals surface area contributed by atoms with Crippen molar-refractivity contribution in [3.8, 4) is 0 Å². The number of thiazole rings is 1. The molecule has 2 aromatic heterocycles. The van der Waals surface area contributed by atoms with Gasteiger partial charge in [0.05, 0.1) is 16.3 Å². The summed E-state index contributed by atoms with van der Waals surface area (Å²) in [4.78, 5) is 11.4. The zero-order valence-electron chi connectivity index (χ0n) is 16.8. The van der Waals surface area contributed by atoms with Crippen LogP contribution >= 0.6 is 22.9 Å². The van der Waals surface area contributed by atoms with Crippen LogP contribution in [-0.2, 0) is 0 Å². The SMILES string of the molecule is Fc1cc(Cl)ccc1C(NC1CCN(c2nc3ccccc3s2)CC1)c1cccnc1. The van der Waals surface area contributed by atoms with Gasteiger partial charge in [-0.15, -0.1) is 0 Å². The summed E-state index contributed by atoms with van der Waals surface area (Å²) in [6.07, 6.45) is 5.45. The van der Waals surface area contributed by atoms with Crippen LogP contribution in [0, 0.1) is 5.82 Å². The van der Waals surface area contributed by atoms with Crippen LogP contribution in [0.4, 0.5) is 9.52 Å². The van der Waals surface area contributed by atoms with Crippen LogP contribution in [0.5, 0.6) is 0 Å². The Kier molecular flexibility index (Phi) is 5.85. The lowest BCUT2D eigenvalue weighted by Crippen LogP contribution is -2.44. The van der Waals surface area contributed by atoms with Gasteiger partial charge in [-0.1, -0.05) is 47.2 Å². The van der Waals surface area contributed by atoms with Gasteiger partial charge in [-0.3, -0.25) is 4.98 Å². The maximum absolute atomic E-state index is 14.8. The molecule has 1 N–H and O–H groups in total. The third-order valence-electron chi connectivity index (χ3n) is 5.74. The molecule has 4 aromatic rings. The van der Waals surface area contributed by atoms with Crippen molar-refractivity contribution in [1.29, 1.82) is 0 Å². The third kappa shape index (κ3) is 4.42. The van der Waals surface area contributed by atoms with Crippen molar-refractivity contribution in [2.24, 2.45) is 0 Å². The highest BCUT2D eigenvalue weighted by Crippen LogP contribution is 2.32. The molecular formula is C24H22ClFN4S. The molecule has 0 saturated carbocycles. The van der Waals surface area contributed by atoms with E-state index in [1.165, 1.54) is 10.8 Å². The fraction of sp³-hybridized carbons (Fsp3) is 0.250. The van der Waals surface area contributed by atoms with E-state index in [4.69, 9.17) is 16.6 Å². The van der Waals surface area contributed by atoms with Crippen molar-refractivity contribution in [3.63, 3.8) is 0 Å². The molecule has 0 bridgehead atoms. The number of anilines is 1. The molecule has 1 aliphatic heterocycles. The summed E-state index contributed by atoms with van der Waals surface area (Å²) in [5.74, 6) is -0.305. The Morgan fingerprint density at radius 3 is 2.68 bits per heavy atom. The van der Waals surface area contributed by atoms with Crippen LogP contribution in [0.3, 0.4) is 0 Å². The van der Waals surface area contributed by atoms with Crippen molar-refractivity contribution in [2.75, 3.05) is 18.0 Å². The van der Waals surface area contributed by atoms with E-state index in [1.807, 2.05) is 18.2 Å². The number of para-hydroxylation sites is 1. The third-order valence-corrected chi connectivity index (χ3v) is 7.07. The first-order valence-electron chi connectivity index (χ1n) is 10.4. The number of fused-ring (bicyclic) bond motifs is 1. The van der Waals surface area contributed by atoms with Gasteiger partial charge < -0.3 is 10.2 Å². The first-order chi connectivity index (χ1) is 15.2. The van der Waals surface area contributed by atoms with E-state index in [0.717, 1.165) is 42.1 Å². The molecule has 1 atom stereocenters. The molecule has 3 heterocycles. The monoisotopic (exact) mass is 452 g/mol. The van der Waals surface area contributed by atoms with Crippen molar-refractivity contribution in [1.82, 2.24) is 15.3 Å². The number of hydrogen-bond donors (Lipinski definition) is 1. The van der Waals surface area contributed by atoms with Gasteiger partial charge in [-0.25, -0.2) is 9.37 Å². The molecule has 158 valence electrons. The van der Waals surface area contributed by atoms with Crippen LogP contribution in [-0.4, -0.2) is 29.1 Å². The summed E-state index contributed by atoms with van der Waals surface area (Å²) in [6, 6.07) is 17.0. The topological polar surface area (TPSA) is 41.0 Å². The quantitative estimate of drug-likeness (QED) is 0.413. The Labute approximate surface area is 189 Å². The lowest BCUT2D eigenvalue weighted by atomic mass is 9.96. The Bertz CT molecular complexity index is 1140. The Morgan fingerprint density at radius 1 is 1.10 bits per heavy atom. The van der Waals surface area contributed by atoms with Crippen molar-refractivity contribution < 1.29 is 4.39 Å². The fourth-order valence-corrected chi connectivity index (χ4v) is 5.29. The number of halogens is 2. The molecule has 5 rings (SSSR count). The van der Waals surface area contributed by atoms with Crippen molar-refractivity contribution in [3.05, 3.63) is 89.0 Å². The Morgan fingerprint density at radius 2 is 1.94 bits per heavy atom. The number of benzene rings is 2. The van der Waals surface area contributed by atoms with Gasteiger partial charge in [0.15, 0.2) is 5.13 Å². The average molecular weight is 453 g/mol. The maximum Gasteiger partial charge on any atom is 0.186 e. The second-order valence-electron chi connectivity index (χ2n) is 7.78. The molecule has 1 unspecified atom stereocenters. The van der Waals surface area contributed by atoms with E-state index < -0.39 is 0 Å². The van der Waals surface area contributed by atoms with Gasteiger partial charge in [-0.2, -0.15) is 0 Å². The molecule has 0 radical (unpaired) electrons. The molecule has 1 fully saturated rings. The average Bonchev–Trinajstić information content (AvgIpc) is 3.23. The predicted molar refractivity (Wildman–Crippen MR) is 125 cm³/mol. The van der Waals surface area contributed by atoms with Gasteiger partial charge in [0.25, 0.3) is 0 Å². The van der Waals surface area contributed by atoms with Crippen LogP contribution in [0.15, 0.2) is 67.0 Å². The molecular weight excluding hydrogens is 431 g/mol. The first kappa shape index (κ1) is 20.4. The van der Waals surface area contributed by atoms with E-state index in [1.54, 1.807) is 35.9 Å². The maximum atomic E-state index is 14.8. The summed E-state index contributed by atoms with van der Waals surface area (Å²) in [7, 11) is 0. The highest BCUT2D eigenvalue weighted by molar-refractivity contribution is 7.22. The molecule has 2 aromatic carbocycles. The number of piperidine rings is 1. The molecule has 1 saturated heterocycles. The van der Waals surface area contributed by atoms with Crippen LogP contribution in [0.2, 0.25) is 5.02 Å². The van der Waals surface area contributed by atoms with Gasteiger partial charge in [0.2, 0.25) is 0 Å². The summed E-state index contributed by atoms with van der Waals surface area (Å²) in [6.45, 7) is 1.83. The smallest absolute Gasteiger partial charge is 0.186 e.